The lowest BCUT2D eigenvalue weighted by atomic mass is 9.85. The highest BCUT2D eigenvalue weighted by Crippen LogP contribution is 2.31. The Morgan fingerprint density at radius 2 is 2.13 bits per heavy atom. The van der Waals surface area contributed by atoms with Crippen LogP contribution in [-0.2, 0) is 6.42 Å². The van der Waals surface area contributed by atoms with Gasteiger partial charge in [0.2, 0.25) is 0 Å². The third-order valence-corrected chi connectivity index (χ3v) is 3.28. The number of nitrogens with zero attached hydrogens (tertiary/aromatic N) is 2. The standard InChI is InChI=1S/C12H15N3/c1-12(2)7-9-5-3-4-6-10(9)11-14-13-8-15(11)12/h3-6,13H,7-8H2,1-2H3. The van der Waals surface area contributed by atoms with Crippen LogP contribution in [0, 0.1) is 0 Å². The monoisotopic (exact) mass is 201 g/mol. The number of hydrogen-bond acceptors (Lipinski definition) is 3. The van der Waals surface area contributed by atoms with Crippen molar-refractivity contribution >= 4 is 5.84 Å². The minimum absolute atomic E-state index is 0.163. The molecular weight excluding hydrogens is 186 g/mol. The number of nitrogens with one attached hydrogen (secondary N) is 1. The fraction of sp³-hybridized carbons (Fsp3) is 0.417. The van der Waals surface area contributed by atoms with Crippen LogP contribution in [0.15, 0.2) is 29.4 Å². The Bertz CT molecular complexity index is 434. The van der Waals surface area contributed by atoms with Crippen molar-refractivity contribution < 1.29 is 0 Å². The number of benzene rings is 1. The van der Waals surface area contributed by atoms with Crippen LogP contribution < -0.4 is 5.43 Å². The van der Waals surface area contributed by atoms with Gasteiger partial charge in [-0.1, -0.05) is 24.3 Å². The first kappa shape index (κ1) is 8.77. The number of rotatable bonds is 0. The number of fused-ring (bicyclic) bond motifs is 3. The van der Waals surface area contributed by atoms with Gasteiger partial charge in [-0.25, -0.2) is 0 Å². The molecule has 3 rings (SSSR count). The van der Waals surface area contributed by atoms with Crippen LogP contribution in [0.4, 0.5) is 0 Å². The molecule has 1 aromatic rings. The van der Waals surface area contributed by atoms with Crippen molar-refractivity contribution in [1.29, 1.82) is 0 Å². The molecule has 0 aliphatic carbocycles. The molecule has 0 spiro atoms. The van der Waals surface area contributed by atoms with Gasteiger partial charge in [0.05, 0.1) is 0 Å². The maximum absolute atomic E-state index is 4.39. The molecule has 1 N–H and O–H groups in total. The maximum atomic E-state index is 4.39. The van der Waals surface area contributed by atoms with Gasteiger partial charge in [-0.3, -0.25) is 5.43 Å². The summed E-state index contributed by atoms with van der Waals surface area (Å²) in [5, 5.41) is 4.39. The molecule has 2 aliphatic heterocycles. The average Bonchev–Trinajstić information content (AvgIpc) is 2.66. The second kappa shape index (κ2) is 2.75. The Morgan fingerprint density at radius 3 is 3.00 bits per heavy atom. The zero-order valence-corrected chi connectivity index (χ0v) is 9.12. The second-order valence-corrected chi connectivity index (χ2v) is 4.83. The van der Waals surface area contributed by atoms with Crippen LogP contribution in [0.5, 0.6) is 0 Å². The van der Waals surface area contributed by atoms with Gasteiger partial charge in [-0.15, -0.1) is 0 Å². The molecular formula is C12H15N3. The Labute approximate surface area is 89.8 Å². The Kier molecular flexibility index (Phi) is 1.61. The van der Waals surface area contributed by atoms with Gasteiger partial charge >= 0.3 is 0 Å². The Hall–Kier alpha value is -1.51. The summed E-state index contributed by atoms with van der Waals surface area (Å²) in [6, 6.07) is 8.54. The SMILES string of the molecule is CC1(C)Cc2ccccc2C2=NNCN21. The highest BCUT2D eigenvalue weighted by molar-refractivity contribution is 6.02. The zero-order valence-electron chi connectivity index (χ0n) is 9.12. The summed E-state index contributed by atoms with van der Waals surface area (Å²) in [5.74, 6) is 1.10. The Balaban J connectivity index is 2.18. The Morgan fingerprint density at radius 1 is 1.33 bits per heavy atom. The van der Waals surface area contributed by atoms with Crippen LogP contribution >= 0.6 is 0 Å². The van der Waals surface area contributed by atoms with Gasteiger partial charge in [0.1, 0.15) is 6.67 Å². The lowest BCUT2D eigenvalue weighted by Gasteiger charge is -2.41. The summed E-state index contributed by atoms with van der Waals surface area (Å²) < 4.78 is 0. The predicted molar refractivity (Wildman–Crippen MR) is 60.6 cm³/mol. The fourth-order valence-corrected chi connectivity index (χ4v) is 2.48. The van der Waals surface area contributed by atoms with E-state index in [1.807, 2.05) is 0 Å². The number of amidine groups is 1. The maximum Gasteiger partial charge on any atom is 0.157 e. The molecule has 1 aromatic carbocycles. The first-order valence-electron chi connectivity index (χ1n) is 5.35. The van der Waals surface area contributed by atoms with Crippen molar-refractivity contribution in [3.8, 4) is 0 Å². The largest absolute Gasteiger partial charge is 0.330 e. The van der Waals surface area contributed by atoms with E-state index in [2.05, 4.69) is 53.5 Å². The van der Waals surface area contributed by atoms with Crippen LogP contribution in [0.25, 0.3) is 0 Å². The molecule has 3 heteroatoms. The van der Waals surface area contributed by atoms with E-state index in [4.69, 9.17) is 0 Å². The summed E-state index contributed by atoms with van der Waals surface area (Å²) in [5.41, 5.74) is 5.92. The molecule has 78 valence electrons. The van der Waals surface area contributed by atoms with Crippen molar-refractivity contribution in [1.82, 2.24) is 10.3 Å². The molecule has 0 bridgehead atoms. The summed E-state index contributed by atoms with van der Waals surface area (Å²) in [7, 11) is 0. The van der Waals surface area contributed by atoms with E-state index in [0.717, 1.165) is 18.9 Å². The van der Waals surface area contributed by atoms with Gasteiger partial charge in [0, 0.05) is 11.1 Å². The van der Waals surface area contributed by atoms with E-state index in [-0.39, 0.29) is 5.54 Å². The average molecular weight is 201 g/mol. The zero-order chi connectivity index (χ0) is 10.5. The van der Waals surface area contributed by atoms with Crippen LogP contribution in [0.3, 0.4) is 0 Å². The second-order valence-electron chi connectivity index (χ2n) is 4.83. The lowest BCUT2D eigenvalue weighted by Crippen LogP contribution is -2.51. The van der Waals surface area contributed by atoms with Crippen molar-refractivity contribution in [2.75, 3.05) is 6.67 Å². The topological polar surface area (TPSA) is 27.6 Å². The van der Waals surface area contributed by atoms with E-state index in [9.17, 15) is 0 Å². The predicted octanol–water partition coefficient (Wildman–Crippen LogP) is 1.55. The summed E-state index contributed by atoms with van der Waals surface area (Å²) >= 11 is 0. The molecule has 2 heterocycles. The molecule has 3 nitrogen and oxygen atoms in total. The van der Waals surface area contributed by atoms with E-state index in [1.54, 1.807) is 0 Å². The van der Waals surface area contributed by atoms with Gasteiger partial charge in [0.15, 0.2) is 5.84 Å². The van der Waals surface area contributed by atoms with Crippen LogP contribution in [-0.4, -0.2) is 22.9 Å². The van der Waals surface area contributed by atoms with Crippen molar-refractivity contribution in [2.45, 2.75) is 25.8 Å². The van der Waals surface area contributed by atoms with Crippen LogP contribution in [0.1, 0.15) is 25.0 Å². The fourth-order valence-electron chi connectivity index (χ4n) is 2.48. The van der Waals surface area contributed by atoms with Gasteiger partial charge in [-0.05, 0) is 25.8 Å². The quantitative estimate of drug-likeness (QED) is 0.689. The van der Waals surface area contributed by atoms with E-state index in [1.165, 1.54) is 11.1 Å². The molecule has 0 atom stereocenters. The van der Waals surface area contributed by atoms with Crippen LogP contribution in [0.2, 0.25) is 0 Å². The minimum atomic E-state index is 0.163. The molecule has 0 saturated heterocycles. The van der Waals surface area contributed by atoms with E-state index >= 15 is 0 Å². The summed E-state index contributed by atoms with van der Waals surface area (Å²) in [6.07, 6.45) is 1.09. The molecule has 0 aromatic heterocycles. The number of hydrogen-bond donors (Lipinski definition) is 1. The van der Waals surface area contributed by atoms with Crippen molar-refractivity contribution in [2.24, 2.45) is 5.10 Å². The van der Waals surface area contributed by atoms with Crippen molar-refractivity contribution in [3.05, 3.63) is 35.4 Å². The smallest absolute Gasteiger partial charge is 0.157 e. The minimum Gasteiger partial charge on any atom is -0.330 e. The van der Waals surface area contributed by atoms with Gasteiger partial charge < -0.3 is 4.90 Å². The first-order chi connectivity index (χ1) is 7.18. The van der Waals surface area contributed by atoms with E-state index in [0.29, 0.717) is 0 Å². The lowest BCUT2D eigenvalue weighted by molar-refractivity contribution is 0.212. The summed E-state index contributed by atoms with van der Waals surface area (Å²) in [6.45, 7) is 5.37. The third-order valence-electron chi connectivity index (χ3n) is 3.28. The first-order valence-corrected chi connectivity index (χ1v) is 5.35. The number of hydrazone groups is 1. The molecule has 0 unspecified atom stereocenters. The molecule has 15 heavy (non-hydrogen) atoms. The highest BCUT2D eigenvalue weighted by Gasteiger charge is 2.38. The molecule has 2 aliphatic rings. The normalized spacial score (nSPS) is 21.5. The van der Waals surface area contributed by atoms with Crippen molar-refractivity contribution in [3.63, 3.8) is 0 Å². The molecule has 0 saturated carbocycles. The highest BCUT2D eigenvalue weighted by atomic mass is 15.5. The summed E-state index contributed by atoms with van der Waals surface area (Å²) in [4.78, 5) is 2.34. The van der Waals surface area contributed by atoms with Gasteiger partial charge in [0.25, 0.3) is 0 Å². The third kappa shape index (κ3) is 1.16. The molecule has 0 radical (unpaired) electrons. The van der Waals surface area contributed by atoms with E-state index < -0.39 is 0 Å². The molecule has 0 fully saturated rings. The molecule has 0 amide bonds. The van der Waals surface area contributed by atoms with Gasteiger partial charge in [-0.2, -0.15) is 5.10 Å².